The highest BCUT2D eigenvalue weighted by atomic mass is 35.5. The van der Waals surface area contributed by atoms with Gasteiger partial charge in [0.1, 0.15) is 0 Å². The van der Waals surface area contributed by atoms with E-state index >= 15 is 0 Å². The van der Waals surface area contributed by atoms with Crippen LogP contribution in [-0.2, 0) is 6.42 Å². The number of hydrogen-bond acceptors (Lipinski definition) is 1. The smallest absolute Gasteiger partial charge is 0.0453 e. The molecule has 100 valence electrons. The molecule has 0 fully saturated rings. The molecule has 0 amide bonds. The summed E-state index contributed by atoms with van der Waals surface area (Å²) in [6.07, 6.45) is 0.760. The van der Waals surface area contributed by atoms with Gasteiger partial charge in [-0.3, -0.25) is 0 Å². The molecule has 0 saturated carbocycles. The molecule has 0 aliphatic rings. The topological polar surface area (TPSA) is 12.0 Å². The number of hydrogen-bond donors (Lipinski definition) is 1. The Morgan fingerprint density at radius 2 is 1.74 bits per heavy atom. The van der Waals surface area contributed by atoms with Crippen molar-refractivity contribution in [3.05, 3.63) is 68.7 Å². The Hall–Kier alpha value is -0.730. The summed E-state index contributed by atoms with van der Waals surface area (Å²) in [5, 5.41) is 5.36. The van der Waals surface area contributed by atoms with E-state index in [0.717, 1.165) is 22.6 Å². The Bertz CT molecular complexity index is 569. The Morgan fingerprint density at radius 3 is 2.37 bits per heavy atom. The van der Waals surface area contributed by atoms with Crippen molar-refractivity contribution < 1.29 is 0 Å². The Labute approximate surface area is 128 Å². The SMILES string of the molecule is CNC(Cc1ccc(Cl)cc1Cl)c1ccccc1Cl. The van der Waals surface area contributed by atoms with Crippen molar-refractivity contribution in [1.82, 2.24) is 5.32 Å². The van der Waals surface area contributed by atoms with Crippen LogP contribution in [0, 0.1) is 0 Å². The highest BCUT2D eigenvalue weighted by molar-refractivity contribution is 6.35. The van der Waals surface area contributed by atoms with Crippen molar-refractivity contribution in [3.8, 4) is 0 Å². The van der Waals surface area contributed by atoms with Crippen LogP contribution >= 0.6 is 34.8 Å². The highest BCUT2D eigenvalue weighted by Gasteiger charge is 2.14. The molecule has 0 aliphatic carbocycles. The first-order chi connectivity index (χ1) is 9.11. The quantitative estimate of drug-likeness (QED) is 0.823. The second kappa shape index (κ2) is 6.62. The van der Waals surface area contributed by atoms with E-state index in [4.69, 9.17) is 34.8 Å². The molecule has 0 aliphatic heterocycles. The Balaban J connectivity index is 2.27. The first-order valence-corrected chi connectivity index (χ1v) is 7.11. The van der Waals surface area contributed by atoms with E-state index in [0.29, 0.717) is 10.0 Å². The third kappa shape index (κ3) is 3.64. The Kier molecular flexibility index (Phi) is 5.12. The van der Waals surface area contributed by atoms with Gasteiger partial charge in [-0.15, -0.1) is 0 Å². The van der Waals surface area contributed by atoms with Crippen molar-refractivity contribution in [1.29, 1.82) is 0 Å². The molecule has 2 aromatic rings. The summed E-state index contributed by atoms with van der Waals surface area (Å²) in [5.41, 5.74) is 2.11. The van der Waals surface area contributed by atoms with Crippen LogP contribution in [0.4, 0.5) is 0 Å². The van der Waals surface area contributed by atoms with Crippen LogP contribution in [-0.4, -0.2) is 7.05 Å². The maximum Gasteiger partial charge on any atom is 0.0453 e. The van der Waals surface area contributed by atoms with Gasteiger partial charge in [-0.05, 0) is 42.8 Å². The van der Waals surface area contributed by atoms with Gasteiger partial charge >= 0.3 is 0 Å². The molecule has 0 heterocycles. The molecular formula is C15H14Cl3N. The van der Waals surface area contributed by atoms with Gasteiger partial charge in [-0.25, -0.2) is 0 Å². The van der Waals surface area contributed by atoms with Gasteiger partial charge in [0.2, 0.25) is 0 Å². The van der Waals surface area contributed by atoms with Gasteiger partial charge in [0.25, 0.3) is 0 Å². The fourth-order valence-corrected chi connectivity index (χ4v) is 2.79. The minimum Gasteiger partial charge on any atom is -0.313 e. The second-order valence-electron chi connectivity index (χ2n) is 4.30. The lowest BCUT2D eigenvalue weighted by molar-refractivity contribution is 0.592. The summed E-state index contributed by atoms with van der Waals surface area (Å²) in [4.78, 5) is 0. The molecule has 1 unspecified atom stereocenters. The number of likely N-dealkylation sites (N-methyl/N-ethyl adjacent to an activating group) is 1. The molecule has 4 heteroatoms. The van der Waals surface area contributed by atoms with E-state index in [1.54, 1.807) is 6.07 Å². The Morgan fingerprint density at radius 1 is 1.00 bits per heavy atom. The third-order valence-electron chi connectivity index (χ3n) is 3.07. The van der Waals surface area contributed by atoms with Gasteiger partial charge in [0.15, 0.2) is 0 Å². The summed E-state index contributed by atoms with van der Waals surface area (Å²) in [5.74, 6) is 0. The van der Waals surface area contributed by atoms with Crippen molar-refractivity contribution in [2.45, 2.75) is 12.5 Å². The van der Waals surface area contributed by atoms with Crippen LogP contribution in [0.3, 0.4) is 0 Å². The fraction of sp³-hybridized carbons (Fsp3) is 0.200. The van der Waals surface area contributed by atoms with Crippen molar-refractivity contribution in [2.24, 2.45) is 0 Å². The van der Waals surface area contributed by atoms with Crippen molar-refractivity contribution in [3.63, 3.8) is 0 Å². The lowest BCUT2D eigenvalue weighted by atomic mass is 9.99. The average Bonchev–Trinajstić information content (AvgIpc) is 2.39. The van der Waals surface area contributed by atoms with E-state index in [1.807, 2.05) is 43.4 Å². The minimum absolute atomic E-state index is 0.118. The molecule has 1 N–H and O–H groups in total. The van der Waals surface area contributed by atoms with Gasteiger partial charge in [0, 0.05) is 21.1 Å². The molecule has 0 saturated heterocycles. The molecular weight excluding hydrogens is 301 g/mol. The van der Waals surface area contributed by atoms with E-state index in [2.05, 4.69) is 5.32 Å². The molecule has 2 rings (SSSR count). The molecule has 0 spiro atoms. The maximum absolute atomic E-state index is 6.23. The summed E-state index contributed by atoms with van der Waals surface area (Å²) in [6, 6.07) is 13.5. The van der Waals surface area contributed by atoms with Crippen LogP contribution in [0.25, 0.3) is 0 Å². The number of benzene rings is 2. The highest BCUT2D eigenvalue weighted by Crippen LogP contribution is 2.29. The summed E-state index contributed by atoms with van der Waals surface area (Å²) >= 11 is 18.4. The van der Waals surface area contributed by atoms with Gasteiger partial charge < -0.3 is 5.32 Å². The zero-order chi connectivity index (χ0) is 13.8. The van der Waals surface area contributed by atoms with Gasteiger partial charge in [-0.2, -0.15) is 0 Å². The lowest BCUT2D eigenvalue weighted by Crippen LogP contribution is -2.19. The van der Waals surface area contributed by atoms with Gasteiger partial charge in [-0.1, -0.05) is 59.1 Å². The van der Waals surface area contributed by atoms with Crippen LogP contribution in [0.5, 0.6) is 0 Å². The van der Waals surface area contributed by atoms with Crippen molar-refractivity contribution in [2.75, 3.05) is 7.05 Å². The second-order valence-corrected chi connectivity index (χ2v) is 5.55. The lowest BCUT2D eigenvalue weighted by Gasteiger charge is -2.18. The first kappa shape index (κ1) is 14.7. The predicted molar refractivity (Wildman–Crippen MR) is 83.4 cm³/mol. The number of nitrogens with one attached hydrogen (secondary N) is 1. The van der Waals surface area contributed by atoms with Crippen molar-refractivity contribution >= 4 is 34.8 Å². The zero-order valence-electron chi connectivity index (χ0n) is 10.5. The van der Waals surface area contributed by atoms with E-state index < -0.39 is 0 Å². The van der Waals surface area contributed by atoms with E-state index in [-0.39, 0.29) is 6.04 Å². The molecule has 0 bridgehead atoms. The average molecular weight is 315 g/mol. The molecule has 0 radical (unpaired) electrons. The normalized spacial score (nSPS) is 12.4. The molecule has 1 atom stereocenters. The largest absolute Gasteiger partial charge is 0.313 e. The fourth-order valence-electron chi connectivity index (χ4n) is 2.03. The third-order valence-corrected chi connectivity index (χ3v) is 4.00. The maximum atomic E-state index is 6.23. The first-order valence-electron chi connectivity index (χ1n) is 5.97. The van der Waals surface area contributed by atoms with E-state index in [9.17, 15) is 0 Å². The summed E-state index contributed by atoms with van der Waals surface area (Å²) < 4.78 is 0. The molecule has 0 aromatic heterocycles. The van der Waals surface area contributed by atoms with Crippen LogP contribution in [0.1, 0.15) is 17.2 Å². The summed E-state index contributed by atoms with van der Waals surface area (Å²) in [7, 11) is 1.91. The number of rotatable bonds is 4. The monoisotopic (exact) mass is 313 g/mol. The van der Waals surface area contributed by atoms with Crippen LogP contribution in [0.2, 0.25) is 15.1 Å². The summed E-state index contributed by atoms with van der Waals surface area (Å²) in [6.45, 7) is 0. The van der Waals surface area contributed by atoms with Crippen LogP contribution in [0.15, 0.2) is 42.5 Å². The standard InChI is InChI=1S/C15H14Cl3N/c1-19-15(12-4-2-3-5-13(12)17)8-10-6-7-11(16)9-14(10)18/h2-7,9,15,19H,8H2,1H3. The molecule has 19 heavy (non-hydrogen) atoms. The molecule has 1 nitrogen and oxygen atoms in total. The van der Waals surface area contributed by atoms with Crippen LogP contribution < -0.4 is 5.32 Å². The number of halogens is 3. The zero-order valence-corrected chi connectivity index (χ0v) is 12.7. The van der Waals surface area contributed by atoms with Gasteiger partial charge in [0.05, 0.1) is 0 Å². The molecule has 2 aromatic carbocycles. The van der Waals surface area contributed by atoms with E-state index in [1.165, 1.54) is 0 Å². The minimum atomic E-state index is 0.118. The predicted octanol–water partition coefficient (Wildman–Crippen LogP) is 5.15.